The molecule has 10 heteroatoms. The zero-order valence-corrected chi connectivity index (χ0v) is 15.0. The molecule has 0 radical (unpaired) electrons. The quantitative estimate of drug-likeness (QED) is 0.652. The van der Waals surface area contributed by atoms with Gasteiger partial charge in [-0.2, -0.15) is 0 Å². The first-order valence-corrected chi connectivity index (χ1v) is 11.0. The molecule has 136 valence electrons. The number of piperidine rings is 1. The number of nitrogens with one attached hydrogen (secondary N) is 3. The zero-order chi connectivity index (χ0) is 17.8. The lowest BCUT2D eigenvalue weighted by molar-refractivity contribution is 0.358. The number of benzene rings is 1. The van der Waals surface area contributed by atoms with Gasteiger partial charge >= 0.3 is 0 Å². The lowest BCUT2D eigenvalue weighted by atomic mass is 9.96. The Kier molecular flexibility index (Phi) is 6.18. The highest BCUT2D eigenvalue weighted by molar-refractivity contribution is 7.92. The van der Waals surface area contributed by atoms with Crippen molar-refractivity contribution in [3.8, 4) is 0 Å². The molecular formula is C14H22FN3O4S2. The van der Waals surface area contributed by atoms with E-state index in [1.54, 1.807) is 0 Å². The lowest BCUT2D eigenvalue weighted by Gasteiger charge is -2.22. The van der Waals surface area contributed by atoms with Crippen molar-refractivity contribution in [3.05, 3.63) is 24.0 Å². The van der Waals surface area contributed by atoms with Gasteiger partial charge in [0, 0.05) is 6.54 Å². The second-order valence-electron chi connectivity index (χ2n) is 5.91. The maximum atomic E-state index is 13.9. The van der Waals surface area contributed by atoms with Crippen molar-refractivity contribution < 1.29 is 21.2 Å². The normalized spacial score (nSPS) is 19.2. The third kappa shape index (κ3) is 5.69. The highest BCUT2D eigenvalue weighted by Crippen LogP contribution is 2.20. The van der Waals surface area contributed by atoms with Crippen LogP contribution in [0.25, 0.3) is 0 Å². The minimum absolute atomic E-state index is 0.235. The minimum atomic E-state index is -3.83. The zero-order valence-electron chi connectivity index (χ0n) is 13.4. The van der Waals surface area contributed by atoms with Crippen molar-refractivity contribution >= 4 is 25.7 Å². The van der Waals surface area contributed by atoms with Crippen LogP contribution in [0.3, 0.4) is 0 Å². The van der Waals surface area contributed by atoms with Crippen molar-refractivity contribution in [2.24, 2.45) is 5.92 Å². The number of halogens is 1. The van der Waals surface area contributed by atoms with Crippen LogP contribution in [0.4, 0.5) is 10.1 Å². The number of hydrogen-bond acceptors (Lipinski definition) is 5. The van der Waals surface area contributed by atoms with Crippen molar-refractivity contribution in [3.63, 3.8) is 0 Å². The maximum absolute atomic E-state index is 13.9. The highest BCUT2D eigenvalue weighted by Gasteiger charge is 2.19. The summed E-state index contributed by atoms with van der Waals surface area (Å²) in [6.07, 6.45) is 3.74. The Morgan fingerprint density at radius 1 is 1.29 bits per heavy atom. The van der Waals surface area contributed by atoms with E-state index < -0.39 is 25.9 Å². The first-order valence-electron chi connectivity index (χ1n) is 7.65. The molecule has 0 aromatic heterocycles. The summed E-state index contributed by atoms with van der Waals surface area (Å²) in [5, 5.41) is 3.26. The molecule has 1 heterocycles. The average Bonchev–Trinajstić information content (AvgIpc) is 2.49. The fraction of sp³-hybridized carbons (Fsp3) is 0.571. The van der Waals surface area contributed by atoms with Crippen LogP contribution in [0.15, 0.2) is 23.1 Å². The van der Waals surface area contributed by atoms with E-state index in [1.165, 1.54) is 6.07 Å². The monoisotopic (exact) mass is 379 g/mol. The third-order valence-electron chi connectivity index (χ3n) is 3.79. The molecule has 1 aliphatic heterocycles. The molecule has 1 aromatic carbocycles. The Balaban J connectivity index is 1.99. The molecule has 1 aliphatic rings. The Morgan fingerprint density at radius 2 is 2.04 bits per heavy atom. The summed E-state index contributed by atoms with van der Waals surface area (Å²) < 4.78 is 64.9. The van der Waals surface area contributed by atoms with Crippen molar-refractivity contribution in [2.45, 2.75) is 24.2 Å². The summed E-state index contributed by atoms with van der Waals surface area (Å²) in [6, 6.07) is 3.06. The smallest absolute Gasteiger partial charge is 0.240 e. The Labute approximate surface area is 142 Å². The van der Waals surface area contributed by atoms with Crippen LogP contribution in [0.5, 0.6) is 0 Å². The Bertz CT molecular complexity index is 775. The number of anilines is 1. The van der Waals surface area contributed by atoms with E-state index in [0.29, 0.717) is 12.3 Å². The fourth-order valence-electron chi connectivity index (χ4n) is 2.60. The van der Waals surface area contributed by atoms with Gasteiger partial charge in [0.2, 0.25) is 20.0 Å². The predicted octanol–water partition coefficient (Wildman–Crippen LogP) is 0.865. The molecule has 0 amide bonds. The van der Waals surface area contributed by atoms with Crippen molar-refractivity contribution in [2.75, 3.05) is 30.6 Å². The van der Waals surface area contributed by atoms with Gasteiger partial charge in [-0.1, -0.05) is 0 Å². The van der Waals surface area contributed by atoms with Crippen molar-refractivity contribution in [1.82, 2.24) is 10.0 Å². The second kappa shape index (κ2) is 7.77. The van der Waals surface area contributed by atoms with E-state index >= 15 is 0 Å². The molecule has 3 N–H and O–H groups in total. The number of rotatable bonds is 7. The second-order valence-corrected chi connectivity index (χ2v) is 9.43. The van der Waals surface area contributed by atoms with Crippen LogP contribution in [-0.4, -0.2) is 42.7 Å². The van der Waals surface area contributed by atoms with E-state index in [4.69, 9.17) is 0 Å². The van der Waals surface area contributed by atoms with E-state index in [9.17, 15) is 21.2 Å². The van der Waals surface area contributed by atoms with E-state index in [1.807, 2.05) is 4.72 Å². The first kappa shape index (κ1) is 19.1. The first-order chi connectivity index (χ1) is 11.2. The van der Waals surface area contributed by atoms with Crippen LogP contribution >= 0.6 is 0 Å². The van der Waals surface area contributed by atoms with Gasteiger partial charge in [0.25, 0.3) is 0 Å². The van der Waals surface area contributed by atoms with Gasteiger partial charge < -0.3 is 5.32 Å². The van der Waals surface area contributed by atoms with Gasteiger partial charge in [-0.3, -0.25) is 4.72 Å². The molecule has 1 saturated heterocycles. The molecule has 1 aromatic rings. The van der Waals surface area contributed by atoms with Crippen LogP contribution in [0.1, 0.15) is 19.3 Å². The largest absolute Gasteiger partial charge is 0.316 e. The SMILES string of the molecule is CS(=O)(=O)Nc1ccc(S(=O)(=O)NCCC2CCCNC2)cc1F. The Hall–Kier alpha value is -1.23. The summed E-state index contributed by atoms with van der Waals surface area (Å²) in [7, 11) is -7.47. The van der Waals surface area contributed by atoms with Crippen molar-refractivity contribution in [1.29, 1.82) is 0 Å². The standard InChI is InChI=1S/C14H22FN3O4S2/c1-23(19,20)18-14-5-4-12(9-13(14)15)24(21,22)17-8-6-11-3-2-7-16-10-11/h4-5,9,11,16-18H,2-3,6-8,10H2,1H3. The van der Waals surface area contributed by atoms with Gasteiger partial charge in [0.1, 0.15) is 5.82 Å². The molecule has 1 unspecified atom stereocenters. The van der Waals surface area contributed by atoms with Gasteiger partial charge in [0.15, 0.2) is 0 Å². The number of hydrogen-bond donors (Lipinski definition) is 3. The topological polar surface area (TPSA) is 104 Å². The maximum Gasteiger partial charge on any atom is 0.240 e. The molecular weight excluding hydrogens is 357 g/mol. The van der Waals surface area contributed by atoms with Gasteiger partial charge in [0.05, 0.1) is 16.8 Å². The average molecular weight is 379 g/mol. The lowest BCUT2D eigenvalue weighted by Crippen LogP contribution is -2.33. The predicted molar refractivity (Wildman–Crippen MR) is 90.3 cm³/mol. The van der Waals surface area contributed by atoms with Crippen LogP contribution in [0.2, 0.25) is 0 Å². The molecule has 7 nitrogen and oxygen atoms in total. The van der Waals surface area contributed by atoms with Crippen LogP contribution in [0, 0.1) is 11.7 Å². The van der Waals surface area contributed by atoms with E-state index in [0.717, 1.165) is 44.3 Å². The van der Waals surface area contributed by atoms with Crippen LogP contribution in [-0.2, 0) is 20.0 Å². The van der Waals surface area contributed by atoms with Gasteiger partial charge in [-0.05, 0) is 56.5 Å². The molecule has 1 atom stereocenters. The molecule has 1 fully saturated rings. The summed E-state index contributed by atoms with van der Waals surface area (Å²) in [5.41, 5.74) is -0.287. The molecule has 0 spiro atoms. The highest BCUT2D eigenvalue weighted by atomic mass is 32.2. The molecule has 0 aliphatic carbocycles. The summed E-state index contributed by atoms with van der Waals surface area (Å²) >= 11 is 0. The number of sulfonamides is 2. The summed E-state index contributed by atoms with van der Waals surface area (Å²) in [4.78, 5) is -0.235. The fourth-order valence-corrected chi connectivity index (χ4v) is 4.22. The van der Waals surface area contributed by atoms with E-state index in [2.05, 4.69) is 10.0 Å². The molecule has 0 bridgehead atoms. The summed E-state index contributed by atoms with van der Waals surface area (Å²) in [6.45, 7) is 2.15. The van der Waals surface area contributed by atoms with Gasteiger partial charge in [-0.15, -0.1) is 0 Å². The molecule has 24 heavy (non-hydrogen) atoms. The molecule has 2 rings (SSSR count). The molecule has 0 saturated carbocycles. The third-order valence-corrected chi connectivity index (χ3v) is 5.84. The van der Waals surface area contributed by atoms with E-state index in [-0.39, 0.29) is 17.1 Å². The van der Waals surface area contributed by atoms with Crippen LogP contribution < -0.4 is 14.8 Å². The van der Waals surface area contributed by atoms with Gasteiger partial charge in [-0.25, -0.2) is 25.9 Å². The minimum Gasteiger partial charge on any atom is -0.316 e. The summed E-state index contributed by atoms with van der Waals surface area (Å²) in [5.74, 6) is -0.515. The Morgan fingerprint density at radius 3 is 2.62 bits per heavy atom.